The Morgan fingerprint density at radius 3 is 2.57 bits per heavy atom. The van der Waals surface area contributed by atoms with Crippen LogP contribution >= 0.6 is 11.3 Å². The highest BCUT2D eigenvalue weighted by atomic mass is 32.1. The Balaban J connectivity index is 3.06. The van der Waals surface area contributed by atoms with Crippen LogP contribution in [0.15, 0.2) is 0 Å². The number of hydrogen-bond donors (Lipinski definition) is 0. The minimum absolute atomic E-state index is 0.311. The molecule has 1 aromatic heterocycles. The van der Waals surface area contributed by atoms with E-state index >= 15 is 0 Å². The molecule has 0 N–H and O–H groups in total. The molecular weight excluding hydrogens is 196 g/mol. The van der Waals surface area contributed by atoms with Crippen LogP contribution in [0.3, 0.4) is 0 Å². The molecule has 0 spiro atoms. The summed E-state index contributed by atoms with van der Waals surface area (Å²) in [6.45, 7) is 7.08. The Hall–Kier alpha value is -0.900. The van der Waals surface area contributed by atoms with Crippen LogP contribution in [0.25, 0.3) is 0 Å². The topological polar surface area (TPSA) is 33.2 Å². The third kappa shape index (κ3) is 2.12. The Kier molecular flexibility index (Phi) is 3.63. The van der Waals surface area contributed by atoms with Gasteiger partial charge in [0.1, 0.15) is 0 Å². The van der Waals surface area contributed by atoms with Crippen molar-refractivity contribution in [2.24, 2.45) is 0 Å². The van der Waals surface area contributed by atoms with E-state index in [9.17, 15) is 4.79 Å². The average Bonchev–Trinajstić information content (AvgIpc) is 2.60. The molecule has 0 amide bonds. The van der Waals surface area contributed by atoms with Gasteiger partial charge in [0.05, 0.1) is 10.6 Å². The predicted molar refractivity (Wildman–Crippen MR) is 60.5 cm³/mol. The van der Waals surface area contributed by atoms with Gasteiger partial charge >= 0.3 is 0 Å². The standard InChI is InChI=1S/C10H16N2OS/c1-5-12(4)10-11-9(7(2)3)8(6-13)14-10/h6-7H,5H2,1-4H3. The van der Waals surface area contributed by atoms with Crippen molar-refractivity contribution in [2.45, 2.75) is 26.7 Å². The number of anilines is 1. The maximum absolute atomic E-state index is 10.8. The van der Waals surface area contributed by atoms with Crippen LogP contribution in [-0.4, -0.2) is 24.9 Å². The zero-order chi connectivity index (χ0) is 10.7. The van der Waals surface area contributed by atoms with Gasteiger partial charge in [-0.2, -0.15) is 0 Å². The van der Waals surface area contributed by atoms with Crippen LogP contribution < -0.4 is 4.90 Å². The Bertz CT molecular complexity index is 320. The number of carbonyl (C=O) groups excluding carboxylic acids is 1. The zero-order valence-corrected chi connectivity index (χ0v) is 9.89. The van der Waals surface area contributed by atoms with Gasteiger partial charge in [-0.25, -0.2) is 4.98 Å². The van der Waals surface area contributed by atoms with Crippen molar-refractivity contribution >= 4 is 22.8 Å². The normalized spacial score (nSPS) is 10.6. The van der Waals surface area contributed by atoms with Crippen molar-refractivity contribution in [1.82, 2.24) is 4.98 Å². The van der Waals surface area contributed by atoms with Gasteiger partial charge in [-0.15, -0.1) is 0 Å². The fraction of sp³-hybridized carbons (Fsp3) is 0.600. The average molecular weight is 212 g/mol. The monoisotopic (exact) mass is 212 g/mol. The molecule has 0 aliphatic heterocycles. The van der Waals surface area contributed by atoms with Gasteiger partial charge in [0.25, 0.3) is 0 Å². The molecule has 0 aromatic carbocycles. The molecule has 0 unspecified atom stereocenters. The highest BCUT2D eigenvalue weighted by Crippen LogP contribution is 2.28. The Morgan fingerprint density at radius 2 is 2.21 bits per heavy atom. The van der Waals surface area contributed by atoms with Gasteiger partial charge in [0.15, 0.2) is 11.4 Å². The van der Waals surface area contributed by atoms with E-state index in [1.54, 1.807) is 0 Å². The summed E-state index contributed by atoms with van der Waals surface area (Å²) in [7, 11) is 1.98. The van der Waals surface area contributed by atoms with Gasteiger partial charge in [0, 0.05) is 13.6 Å². The van der Waals surface area contributed by atoms with Gasteiger partial charge in [-0.1, -0.05) is 25.2 Å². The number of thiazole rings is 1. The number of carbonyl (C=O) groups is 1. The van der Waals surface area contributed by atoms with Crippen LogP contribution in [0.4, 0.5) is 5.13 Å². The second-order valence-corrected chi connectivity index (χ2v) is 4.54. The minimum Gasteiger partial charge on any atom is -0.351 e. The van der Waals surface area contributed by atoms with E-state index in [1.807, 2.05) is 11.9 Å². The SMILES string of the molecule is CCN(C)c1nc(C(C)C)c(C=O)s1. The quantitative estimate of drug-likeness (QED) is 0.719. The first-order valence-corrected chi connectivity index (χ1v) is 5.58. The third-order valence-corrected chi connectivity index (χ3v) is 3.24. The first-order chi connectivity index (χ1) is 6.60. The molecule has 78 valence electrons. The maximum atomic E-state index is 10.8. The van der Waals surface area contributed by atoms with Crippen LogP contribution in [-0.2, 0) is 0 Å². The number of hydrogen-bond acceptors (Lipinski definition) is 4. The highest BCUT2D eigenvalue weighted by Gasteiger charge is 2.14. The number of aromatic nitrogens is 1. The van der Waals surface area contributed by atoms with E-state index in [1.165, 1.54) is 11.3 Å². The van der Waals surface area contributed by atoms with Crippen molar-refractivity contribution in [3.05, 3.63) is 10.6 Å². The molecule has 0 bridgehead atoms. The minimum atomic E-state index is 0.311. The summed E-state index contributed by atoms with van der Waals surface area (Å²) in [6.07, 6.45) is 0.903. The lowest BCUT2D eigenvalue weighted by atomic mass is 10.1. The van der Waals surface area contributed by atoms with Crippen molar-refractivity contribution < 1.29 is 4.79 Å². The van der Waals surface area contributed by atoms with E-state index in [2.05, 4.69) is 25.8 Å². The summed E-state index contributed by atoms with van der Waals surface area (Å²) in [6, 6.07) is 0. The molecule has 0 saturated carbocycles. The highest BCUT2D eigenvalue weighted by molar-refractivity contribution is 7.17. The molecule has 0 aliphatic carbocycles. The molecule has 1 rings (SSSR count). The summed E-state index contributed by atoms with van der Waals surface area (Å²) in [5.74, 6) is 0.311. The Labute approximate surface area is 88.8 Å². The lowest BCUT2D eigenvalue weighted by molar-refractivity contribution is 0.112. The molecule has 0 radical (unpaired) electrons. The number of aldehydes is 1. The van der Waals surface area contributed by atoms with E-state index in [0.29, 0.717) is 5.92 Å². The summed E-state index contributed by atoms with van der Waals surface area (Å²) in [5, 5.41) is 0.929. The van der Waals surface area contributed by atoms with Gasteiger partial charge in [-0.3, -0.25) is 4.79 Å². The predicted octanol–water partition coefficient (Wildman–Crippen LogP) is 2.54. The molecule has 4 heteroatoms. The summed E-state index contributed by atoms with van der Waals surface area (Å²) < 4.78 is 0. The molecule has 0 fully saturated rings. The molecule has 1 aromatic rings. The lowest BCUT2D eigenvalue weighted by Crippen LogP contribution is -2.15. The second-order valence-electron chi connectivity index (χ2n) is 3.53. The molecule has 0 saturated heterocycles. The number of rotatable bonds is 4. The fourth-order valence-electron chi connectivity index (χ4n) is 1.13. The van der Waals surface area contributed by atoms with E-state index in [-0.39, 0.29) is 0 Å². The van der Waals surface area contributed by atoms with Gasteiger partial charge < -0.3 is 4.90 Å². The zero-order valence-electron chi connectivity index (χ0n) is 9.07. The van der Waals surface area contributed by atoms with Crippen molar-refractivity contribution in [3.8, 4) is 0 Å². The third-order valence-electron chi connectivity index (χ3n) is 2.12. The van der Waals surface area contributed by atoms with Crippen LogP contribution in [0.1, 0.15) is 42.1 Å². The van der Waals surface area contributed by atoms with Crippen molar-refractivity contribution in [2.75, 3.05) is 18.5 Å². The number of nitrogens with zero attached hydrogens (tertiary/aromatic N) is 2. The van der Waals surface area contributed by atoms with E-state index in [0.717, 1.165) is 28.5 Å². The van der Waals surface area contributed by atoms with Gasteiger partial charge in [0.2, 0.25) is 0 Å². The first kappa shape index (κ1) is 11.2. The van der Waals surface area contributed by atoms with E-state index < -0.39 is 0 Å². The van der Waals surface area contributed by atoms with E-state index in [4.69, 9.17) is 0 Å². The summed E-state index contributed by atoms with van der Waals surface area (Å²) in [4.78, 5) is 18.1. The largest absolute Gasteiger partial charge is 0.351 e. The molecule has 1 heterocycles. The Morgan fingerprint density at radius 1 is 1.57 bits per heavy atom. The van der Waals surface area contributed by atoms with Gasteiger partial charge in [-0.05, 0) is 12.8 Å². The van der Waals surface area contributed by atoms with Crippen molar-refractivity contribution in [3.63, 3.8) is 0 Å². The molecular formula is C10H16N2OS. The first-order valence-electron chi connectivity index (χ1n) is 4.77. The second kappa shape index (κ2) is 4.55. The summed E-state index contributed by atoms with van der Waals surface area (Å²) >= 11 is 1.47. The molecule has 0 atom stereocenters. The van der Waals surface area contributed by atoms with Crippen LogP contribution in [0.2, 0.25) is 0 Å². The fourth-order valence-corrected chi connectivity index (χ4v) is 2.19. The summed E-state index contributed by atoms with van der Waals surface area (Å²) in [5.41, 5.74) is 0.917. The van der Waals surface area contributed by atoms with Crippen LogP contribution in [0.5, 0.6) is 0 Å². The maximum Gasteiger partial charge on any atom is 0.185 e. The van der Waals surface area contributed by atoms with Crippen molar-refractivity contribution in [1.29, 1.82) is 0 Å². The molecule has 0 aliphatic rings. The smallest absolute Gasteiger partial charge is 0.185 e. The van der Waals surface area contributed by atoms with Crippen LogP contribution in [0, 0.1) is 0 Å². The lowest BCUT2D eigenvalue weighted by Gasteiger charge is -2.11. The molecule has 3 nitrogen and oxygen atoms in total. The molecule has 14 heavy (non-hydrogen) atoms.